The fourth-order valence-corrected chi connectivity index (χ4v) is 3.99. The van der Waals surface area contributed by atoms with Crippen molar-refractivity contribution < 1.29 is 9.59 Å². The van der Waals surface area contributed by atoms with Gasteiger partial charge in [-0.2, -0.15) is 0 Å². The number of carbonyl (C=O) groups is 2. The Morgan fingerprint density at radius 3 is 2.25 bits per heavy atom. The number of nitrogens with zero attached hydrogens (tertiary/aromatic N) is 2. The summed E-state index contributed by atoms with van der Waals surface area (Å²) in [7, 11) is 0. The summed E-state index contributed by atoms with van der Waals surface area (Å²) in [4.78, 5) is 28.9. The van der Waals surface area contributed by atoms with E-state index in [4.69, 9.17) is 11.6 Å². The van der Waals surface area contributed by atoms with E-state index in [1.54, 1.807) is 23.1 Å². The van der Waals surface area contributed by atoms with Gasteiger partial charge in [0.15, 0.2) is 0 Å². The van der Waals surface area contributed by atoms with E-state index in [2.05, 4.69) is 12.1 Å². The van der Waals surface area contributed by atoms with Crippen LogP contribution >= 0.6 is 11.6 Å². The minimum absolute atomic E-state index is 0.0411. The van der Waals surface area contributed by atoms with Crippen LogP contribution in [0.25, 0.3) is 6.08 Å². The van der Waals surface area contributed by atoms with E-state index < -0.39 is 0 Å². The molecule has 1 saturated heterocycles. The molecule has 0 spiro atoms. The Morgan fingerprint density at radius 2 is 1.54 bits per heavy atom. The number of hydrogen-bond acceptors (Lipinski definition) is 2. The van der Waals surface area contributed by atoms with E-state index in [1.165, 1.54) is 5.56 Å². The van der Waals surface area contributed by atoms with Crippen molar-refractivity contribution >= 4 is 29.5 Å². The van der Waals surface area contributed by atoms with Crippen molar-refractivity contribution in [2.75, 3.05) is 26.2 Å². The highest BCUT2D eigenvalue weighted by Gasteiger charge is 2.46. The van der Waals surface area contributed by atoms with Crippen LogP contribution < -0.4 is 0 Å². The summed E-state index contributed by atoms with van der Waals surface area (Å²) in [6.07, 6.45) is 4.24. The zero-order valence-corrected chi connectivity index (χ0v) is 16.4. The molecular formula is C23H23ClN2O2. The number of piperazine rings is 1. The van der Waals surface area contributed by atoms with Crippen molar-refractivity contribution in [1.29, 1.82) is 0 Å². The maximum atomic E-state index is 12.8. The molecule has 1 saturated carbocycles. The number of hydrogen-bond donors (Lipinski definition) is 0. The number of halogens is 1. The minimum atomic E-state index is -0.0411. The predicted octanol–water partition coefficient (Wildman–Crippen LogP) is 3.83. The molecule has 0 bridgehead atoms. The van der Waals surface area contributed by atoms with E-state index in [1.807, 2.05) is 41.3 Å². The lowest BCUT2D eigenvalue weighted by Crippen LogP contribution is -2.50. The Balaban J connectivity index is 1.28. The van der Waals surface area contributed by atoms with E-state index >= 15 is 0 Å². The first kappa shape index (κ1) is 18.8. The topological polar surface area (TPSA) is 40.6 Å². The van der Waals surface area contributed by atoms with Gasteiger partial charge in [0.05, 0.1) is 0 Å². The van der Waals surface area contributed by atoms with Crippen LogP contribution in [0.15, 0.2) is 60.7 Å². The van der Waals surface area contributed by atoms with Crippen molar-refractivity contribution in [3.8, 4) is 0 Å². The van der Waals surface area contributed by atoms with Crippen molar-refractivity contribution in [1.82, 2.24) is 9.80 Å². The maximum Gasteiger partial charge on any atom is 0.246 e. The van der Waals surface area contributed by atoms with Gasteiger partial charge in [0.1, 0.15) is 0 Å². The Kier molecular flexibility index (Phi) is 5.49. The van der Waals surface area contributed by atoms with Crippen LogP contribution in [0.4, 0.5) is 0 Å². The van der Waals surface area contributed by atoms with Crippen LogP contribution in [0.5, 0.6) is 0 Å². The van der Waals surface area contributed by atoms with Gasteiger partial charge in [-0.05, 0) is 35.6 Å². The van der Waals surface area contributed by atoms with Crippen LogP contribution in [0.1, 0.15) is 23.5 Å². The molecular weight excluding hydrogens is 372 g/mol. The molecule has 2 aromatic carbocycles. The Morgan fingerprint density at radius 1 is 0.893 bits per heavy atom. The quantitative estimate of drug-likeness (QED) is 0.739. The summed E-state index contributed by atoms with van der Waals surface area (Å²) in [5.41, 5.74) is 2.08. The van der Waals surface area contributed by atoms with Gasteiger partial charge >= 0.3 is 0 Å². The SMILES string of the molecule is O=C(/C=C/c1ccccc1Cl)N1CCN(C(=O)[C@H]2C[C@H]2c2ccccc2)CC1. The molecule has 2 fully saturated rings. The molecule has 5 heteroatoms. The van der Waals surface area contributed by atoms with E-state index in [0.29, 0.717) is 37.1 Å². The summed E-state index contributed by atoms with van der Waals surface area (Å²) >= 11 is 6.12. The van der Waals surface area contributed by atoms with Crippen LogP contribution in [-0.2, 0) is 9.59 Å². The predicted molar refractivity (Wildman–Crippen MR) is 111 cm³/mol. The molecule has 4 rings (SSSR count). The fraction of sp³-hybridized carbons (Fsp3) is 0.304. The first-order chi connectivity index (χ1) is 13.6. The number of carbonyl (C=O) groups excluding carboxylic acids is 2. The summed E-state index contributed by atoms with van der Waals surface area (Å²) in [6.45, 7) is 2.34. The highest BCUT2D eigenvalue weighted by atomic mass is 35.5. The van der Waals surface area contributed by atoms with Crippen LogP contribution in [0, 0.1) is 5.92 Å². The molecule has 0 aromatic heterocycles. The number of benzene rings is 2. The van der Waals surface area contributed by atoms with Crippen LogP contribution in [0.3, 0.4) is 0 Å². The highest BCUT2D eigenvalue weighted by molar-refractivity contribution is 6.32. The highest BCUT2D eigenvalue weighted by Crippen LogP contribution is 2.48. The van der Waals surface area contributed by atoms with Crippen molar-refractivity contribution in [2.24, 2.45) is 5.92 Å². The van der Waals surface area contributed by atoms with E-state index in [9.17, 15) is 9.59 Å². The summed E-state index contributed by atoms with van der Waals surface area (Å²) in [5, 5.41) is 0.624. The third-order valence-corrected chi connectivity index (χ3v) is 5.89. The van der Waals surface area contributed by atoms with E-state index in [-0.39, 0.29) is 17.7 Å². The minimum Gasteiger partial charge on any atom is -0.339 e. The lowest BCUT2D eigenvalue weighted by molar-refractivity contribution is -0.138. The van der Waals surface area contributed by atoms with Gasteiger partial charge < -0.3 is 9.80 Å². The largest absolute Gasteiger partial charge is 0.339 e. The third-order valence-electron chi connectivity index (χ3n) is 5.55. The second-order valence-electron chi connectivity index (χ2n) is 7.36. The molecule has 1 aliphatic carbocycles. The maximum absolute atomic E-state index is 12.8. The molecule has 2 aromatic rings. The average molecular weight is 395 g/mol. The Labute approximate surface area is 170 Å². The molecule has 1 aliphatic heterocycles. The number of amides is 2. The van der Waals surface area contributed by atoms with Crippen LogP contribution in [0.2, 0.25) is 5.02 Å². The van der Waals surface area contributed by atoms with Crippen molar-refractivity contribution in [3.63, 3.8) is 0 Å². The molecule has 0 N–H and O–H groups in total. The smallest absolute Gasteiger partial charge is 0.246 e. The van der Waals surface area contributed by atoms with Crippen LogP contribution in [-0.4, -0.2) is 47.8 Å². The van der Waals surface area contributed by atoms with Crippen molar-refractivity contribution in [2.45, 2.75) is 12.3 Å². The van der Waals surface area contributed by atoms with E-state index in [0.717, 1.165) is 12.0 Å². The second kappa shape index (κ2) is 8.19. The lowest BCUT2D eigenvalue weighted by Gasteiger charge is -2.34. The van der Waals surface area contributed by atoms with Gasteiger partial charge in [-0.15, -0.1) is 0 Å². The summed E-state index contributed by atoms with van der Waals surface area (Å²) in [5.74, 6) is 0.643. The van der Waals surface area contributed by atoms with Gasteiger partial charge in [-0.1, -0.05) is 60.1 Å². The zero-order chi connectivity index (χ0) is 19.5. The molecule has 1 heterocycles. The second-order valence-corrected chi connectivity index (χ2v) is 7.77. The molecule has 2 atom stereocenters. The molecule has 144 valence electrons. The van der Waals surface area contributed by atoms with Gasteiger partial charge in [0.25, 0.3) is 0 Å². The molecule has 28 heavy (non-hydrogen) atoms. The molecule has 2 amide bonds. The average Bonchev–Trinajstić information content (AvgIpc) is 3.54. The fourth-order valence-electron chi connectivity index (χ4n) is 3.80. The number of rotatable bonds is 4. The Bertz CT molecular complexity index is 888. The summed E-state index contributed by atoms with van der Waals surface area (Å²) < 4.78 is 0. The van der Waals surface area contributed by atoms with Gasteiger partial charge in [-0.3, -0.25) is 9.59 Å². The first-order valence-corrected chi connectivity index (χ1v) is 10.1. The first-order valence-electron chi connectivity index (χ1n) is 9.69. The Hall–Kier alpha value is -2.59. The molecule has 4 nitrogen and oxygen atoms in total. The molecule has 0 unspecified atom stereocenters. The molecule has 0 radical (unpaired) electrons. The standard InChI is InChI=1S/C23H23ClN2O2/c24-21-9-5-4-8-18(21)10-11-22(27)25-12-14-26(15-13-25)23(28)20-16-19(20)17-6-2-1-3-7-17/h1-11,19-20H,12-16H2/b11-10+/t19-,20-/m0/s1. The normalized spacial score (nSPS) is 21.8. The van der Waals surface area contributed by atoms with Gasteiger partial charge in [0, 0.05) is 43.2 Å². The van der Waals surface area contributed by atoms with Crippen molar-refractivity contribution in [3.05, 3.63) is 76.8 Å². The summed E-state index contributed by atoms with van der Waals surface area (Å²) in [6, 6.07) is 17.7. The molecule has 2 aliphatic rings. The van der Waals surface area contributed by atoms with Gasteiger partial charge in [0.2, 0.25) is 11.8 Å². The zero-order valence-electron chi connectivity index (χ0n) is 15.6. The van der Waals surface area contributed by atoms with Gasteiger partial charge in [-0.25, -0.2) is 0 Å². The monoisotopic (exact) mass is 394 g/mol. The lowest BCUT2D eigenvalue weighted by atomic mass is 10.1. The third kappa shape index (κ3) is 4.12.